The summed E-state index contributed by atoms with van der Waals surface area (Å²) in [7, 11) is 0. The highest BCUT2D eigenvalue weighted by Crippen LogP contribution is 2.38. The van der Waals surface area contributed by atoms with Gasteiger partial charge in [-0.15, -0.1) is 0 Å². The molecular weight excluding hydrogens is 128 g/mol. The zero-order chi connectivity index (χ0) is 7.19. The van der Waals surface area contributed by atoms with E-state index in [-0.39, 0.29) is 11.4 Å². The monoisotopic (exact) mass is 140 g/mol. The van der Waals surface area contributed by atoms with Gasteiger partial charge in [-0.3, -0.25) is 4.79 Å². The average molecular weight is 140 g/mol. The first-order valence-corrected chi connectivity index (χ1v) is 3.77. The van der Waals surface area contributed by atoms with Crippen molar-refractivity contribution in [2.24, 2.45) is 5.73 Å². The first-order valence-electron chi connectivity index (χ1n) is 3.77. The Balaban J connectivity index is 2.01. The van der Waals surface area contributed by atoms with Crippen LogP contribution in [0, 0.1) is 0 Å². The van der Waals surface area contributed by atoms with Gasteiger partial charge in [0.1, 0.15) is 0 Å². The molecule has 0 unspecified atom stereocenters. The lowest BCUT2D eigenvalue weighted by atomic mass is 9.72. The average Bonchev–Trinajstić information content (AvgIpc) is 2.10. The number of hydrogen-bond acceptors (Lipinski definition) is 2. The maximum atomic E-state index is 10.8. The van der Waals surface area contributed by atoms with E-state index in [2.05, 4.69) is 5.32 Å². The van der Waals surface area contributed by atoms with Crippen LogP contribution in [0.4, 0.5) is 0 Å². The normalized spacial score (nSPS) is 45.3. The molecule has 56 valence electrons. The maximum absolute atomic E-state index is 10.8. The van der Waals surface area contributed by atoms with Crippen molar-refractivity contribution < 1.29 is 4.79 Å². The zero-order valence-electron chi connectivity index (χ0n) is 5.89. The van der Waals surface area contributed by atoms with E-state index in [0.29, 0.717) is 12.5 Å². The minimum Gasteiger partial charge on any atom is -0.351 e. The molecule has 0 radical (unpaired) electrons. The summed E-state index contributed by atoms with van der Waals surface area (Å²) >= 11 is 0. The molecule has 0 aromatic heterocycles. The fourth-order valence-corrected chi connectivity index (χ4v) is 2.02. The van der Waals surface area contributed by atoms with Crippen LogP contribution in [0.15, 0.2) is 0 Å². The van der Waals surface area contributed by atoms with Crippen LogP contribution >= 0.6 is 0 Å². The lowest BCUT2D eigenvalue weighted by molar-refractivity contribution is -0.120. The van der Waals surface area contributed by atoms with Crippen LogP contribution in [0.5, 0.6) is 0 Å². The smallest absolute Gasteiger partial charge is 0.220 e. The van der Waals surface area contributed by atoms with Gasteiger partial charge in [0, 0.05) is 18.0 Å². The third-order valence-corrected chi connectivity index (χ3v) is 2.54. The summed E-state index contributed by atoms with van der Waals surface area (Å²) in [5.74, 6) is 0.201. The van der Waals surface area contributed by atoms with E-state index in [1.807, 2.05) is 0 Å². The van der Waals surface area contributed by atoms with Crippen LogP contribution < -0.4 is 11.1 Å². The fraction of sp³-hybridized carbons (Fsp3) is 0.857. The molecule has 0 atom stereocenters. The van der Waals surface area contributed by atoms with E-state index in [1.165, 1.54) is 0 Å². The van der Waals surface area contributed by atoms with Gasteiger partial charge in [0.25, 0.3) is 0 Å². The first kappa shape index (κ1) is 6.16. The molecular formula is C7H12N2O. The minimum absolute atomic E-state index is 0.135. The summed E-state index contributed by atoms with van der Waals surface area (Å²) in [5.41, 5.74) is 5.76. The second kappa shape index (κ2) is 1.72. The van der Waals surface area contributed by atoms with Crippen molar-refractivity contribution in [2.75, 3.05) is 0 Å². The SMILES string of the molecule is NC1CC2(CCC(=O)N2)C1. The molecule has 0 aromatic rings. The number of nitrogens with two attached hydrogens (primary N) is 1. The van der Waals surface area contributed by atoms with Crippen molar-refractivity contribution in [3.63, 3.8) is 0 Å². The van der Waals surface area contributed by atoms with Gasteiger partial charge >= 0.3 is 0 Å². The molecule has 1 saturated heterocycles. The molecule has 1 aliphatic heterocycles. The largest absolute Gasteiger partial charge is 0.351 e. The molecule has 1 aliphatic carbocycles. The van der Waals surface area contributed by atoms with Crippen molar-refractivity contribution in [1.29, 1.82) is 0 Å². The second-order valence-electron chi connectivity index (χ2n) is 3.50. The zero-order valence-corrected chi connectivity index (χ0v) is 5.89. The number of carbonyl (C=O) groups is 1. The van der Waals surface area contributed by atoms with E-state index in [1.54, 1.807) is 0 Å². The van der Waals surface area contributed by atoms with Crippen LogP contribution in [0.25, 0.3) is 0 Å². The van der Waals surface area contributed by atoms with Gasteiger partial charge in [-0.2, -0.15) is 0 Å². The maximum Gasteiger partial charge on any atom is 0.220 e. The summed E-state index contributed by atoms with van der Waals surface area (Å²) in [6, 6.07) is 0.332. The molecule has 3 N–H and O–H groups in total. The second-order valence-corrected chi connectivity index (χ2v) is 3.50. The molecule has 3 nitrogen and oxygen atoms in total. The summed E-state index contributed by atoms with van der Waals surface area (Å²) in [6.45, 7) is 0. The van der Waals surface area contributed by atoms with E-state index in [0.717, 1.165) is 19.3 Å². The van der Waals surface area contributed by atoms with Crippen LogP contribution in [-0.4, -0.2) is 17.5 Å². The molecule has 1 heterocycles. The summed E-state index contributed by atoms with van der Waals surface area (Å²) in [5, 5.41) is 2.98. The molecule has 2 fully saturated rings. The number of hydrogen-bond donors (Lipinski definition) is 2. The lowest BCUT2D eigenvalue weighted by Crippen LogP contribution is -2.57. The molecule has 1 saturated carbocycles. The predicted octanol–water partition coefficient (Wildman–Crippen LogP) is -0.244. The standard InChI is InChI=1S/C7H12N2O/c8-5-3-7(4-5)2-1-6(10)9-7/h5H,1-4,8H2,(H,9,10). The molecule has 0 bridgehead atoms. The molecule has 1 amide bonds. The Morgan fingerprint density at radius 2 is 2.30 bits per heavy atom. The molecule has 2 aliphatic rings. The Hall–Kier alpha value is -0.570. The Kier molecular flexibility index (Phi) is 1.06. The van der Waals surface area contributed by atoms with Gasteiger partial charge in [-0.05, 0) is 19.3 Å². The van der Waals surface area contributed by atoms with Crippen LogP contribution in [-0.2, 0) is 4.79 Å². The van der Waals surface area contributed by atoms with Crippen molar-refractivity contribution in [3.05, 3.63) is 0 Å². The molecule has 10 heavy (non-hydrogen) atoms. The Morgan fingerprint density at radius 3 is 2.70 bits per heavy atom. The third kappa shape index (κ3) is 0.736. The highest BCUT2D eigenvalue weighted by atomic mass is 16.2. The molecule has 0 aromatic carbocycles. The van der Waals surface area contributed by atoms with Crippen molar-refractivity contribution in [2.45, 2.75) is 37.3 Å². The van der Waals surface area contributed by atoms with Crippen molar-refractivity contribution in [3.8, 4) is 0 Å². The summed E-state index contributed by atoms with van der Waals surface area (Å²) in [6.07, 6.45) is 3.67. The van der Waals surface area contributed by atoms with Gasteiger partial charge in [-0.25, -0.2) is 0 Å². The molecule has 1 spiro atoms. The lowest BCUT2D eigenvalue weighted by Gasteiger charge is -2.43. The van der Waals surface area contributed by atoms with E-state index >= 15 is 0 Å². The van der Waals surface area contributed by atoms with Gasteiger partial charge in [0.05, 0.1) is 0 Å². The van der Waals surface area contributed by atoms with Crippen LogP contribution in [0.2, 0.25) is 0 Å². The predicted molar refractivity (Wildman–Crippen MR) is 37.3 cm³/mol. The highest BCUT2D eigenvalue weighted by Gasteiger charge is 2.46. The number of carbonyl (C=O) groups excluding carboxylic acids is 1. The van der Waals surface area contributed by atoms with E-state index in [4.69, 9.17) is 5.73 Å². The quantitative estimate of drug-likeness (QED) is 0.487. The van der Waals surface area contributed by atoms with Gasteiger partial charge in [0.2, 0.25) is 5.91 Å². The number of rotatable bonds is 0. The summed E-state index contributed by atoms with van der Waals surface area (Å²) < 4.78 is 0. The highest BCUT2D eigenvalue weighted by molar-refractivity contribution is 5.79. The van der Waals surface area contributed by atoms with Crippen LogP contribution in [0.1, 0.15) is 25.7 Å². The Labute approximate surface area is 60.0 Å². The number of amides is 1. The van der Waals surface area contributed by atoms with Gasteiger partial charge < -0.3 is 11.1 Å². The molecule has 3 heteroatoms. The Bertz CT molecular complexity index is 172. The molecule has 2 rings (SSSR count). The topological polar surface area (TPSA) is 55.1 Å². The summed E-state index contributed by atoms with van der Waals surface area (Å²) in [4.78, 5) is 10.8. The van der Waals surface area contributed by atoms with E-state index < -0.39 is 0 Å². The van der Waals surface area contributed by atoms with Crippen molar-refractivity contribution >= 4 is 5.91 Å². The number of nitrogens with one attached hydrogen (secondary N) is 1. The Morgan fingerprint density at radius 1 is 1.60 bits per heavy atom. The fourth-order valence-electron chi connectivity index (χ4n) is 2.02. The van der Waals surface area contributed by atoms with Gasteiger partial charge in [0.15, 0.2) is 0 Å². The first-order chi connectivity index (χ1) is 4.70. The van der Waals surface area contributed by atoms with Gasteiger partial charge in [-0.1, -0.05) is 0 Å². The minimum atomic E-state index is 0.135. The van der Waals surface area contributed by atoms with E-state index in [9.17, 15) is 4.79 Å². The van der Waals surface area contributed by atoms with Crippen LogP contribution in [0.3, 0.4) is 0 Å². The third-order valence-electron chi connectivity index (χ3n) is 2.54. The van der Waals surface area contributed by atoms with Crippen molar-refractivity contribution in [1.82, 2.24) is 5.32 Å².